The molecular weight excluding hydrogens is 510 g/mol. The third kappa shape index (κ3) is 6.16. The van der Waals surface area contributed by atoms with Gasteiger partial charge >= 0.3 is 0 Å². The van der Waals surface area contributed by atoms with Gasteiger partial charge in [-0.3, -0.25) is 9.89 Å². The average Bonchev–Trinajstić information content (AvgIpc) is 3.36. The topological polar surface area (TPSA) is 117 Å². The van der Waals surface area contributed by atoms with Crippen molar-refractivity contribution in [1.82, 2.24) is 24.8 Å². The summed E-state index contributed by atoms with van der Waals surface area (Å²) in [5, 5.41) is 10.9. The number of sulfonamides is 1. The molecule has 1 fully saturated rings. The Morgan fingerprint density at radius 3 is 2.86 bits per heavy atom. The fourth-order valence-corrected chi connectivity index (χ4v) is 6.46. The first-order valence-corrected chi connectivity index (χ1v) is 13.9. The zero-order chi connectivity index (χ0) is 24.8. The number of carbonyl (C=O) groups is 1. The number of aromatic nitrogens is 3. The van der Waals surface area contributed by atoms with E-state index in [2.05, 4.69) is 20.5 Å². The first-order chi connectivity index (χ1) is 16.9. The van der Waals surface area contributed by atoms with Crippen LogP contribution in [0.3, 0.4) is 0 Å². The molecule has 1 aromatic heterocycles. The molecule has 4 rings (SSSR count). The van der Waals surface area contributed by atoms with Gasteiger partial charge in [0.1, 0.15) is 10.6 Å². The van der Waals surface area contributed by atoms with Gasteiger partial charge in [0, 0.05) is 36.0 Å². The highest BCUT2D eigenvalue weighted by atomic mass is 35.5. The molecule has 9 nitrogen and oxygen atoms in total. The second kappa shape index (κ2) is 11.4. The summed E-state index contributed by atoms with van der Waals surface area (Å²) in [5.41, 5.74) is 0.951. The minimum atomic E-state index is -3.86. The van der Waals surface area contributed by atoms with Crippen molar-refractivity contribution in [3.63, 3.8) is 0 Å². The Morgan fingerprint density at radius 2 is 2.09 bits per heavy atom. The lowest BCUT2D eigenvalue weighted by Gasteiger charge is -2.31. The lowest BCUT2D eigenvalue weighted by Crippen LogP contribution is -2.45. The standard InChI is InChI=1S/C23H26ClN5O4S2/c1-33-19-10-9-18(24)14-20(19)35(31,32)29-12-5-8-17(15-29)22(30)25-11-13-34-23-26-21(27-28-23)16-6-3-2-4-7-16/h2-4,6-7,9-10,14,17H,5,8,11-13,15H2,1H3,(H,25,30)(H,26,27,28)/t17-/m1/s1. The molecular formula is C23H26ClN5O4S2. The van der Waals surface area contributed by atoms with Gasteiger partial charge in [-0.15, -0.1) is 5.10 Å². The molecule has 35 heavy (non-hydrogen) atoms. The van der Waals surface area contributed by atoms with Crippen molar-refractivity contribution in [2.75, 3.05) is 32.5 Å². The van der Waals surface area contributed by atoms with Crippen LogP contribution in [-0.4, -0.2) is 66.3 Å². The van der Waals surface area contributed by atoms with Crippen molar-refractivity contribution >= 4 is 39.3 Å². The fourth-order valence-electron chi connectivity index (χ4n) is 3.86. The van der Waals surface area contributed by atoms with Crippen LogP contribution in [0, 0.1) is 5.92 Å². The molecule has 2 aromatic carbocycles. The third-order valence-electron chi connectivity index (χ3n) is 5.64. The summed E-state index contributed by atoms with van der Waals surface area (Å²) < 4.78 is 33.0. The zero-order valence-corrected chi connectivity index (χ0v) is 21.5. The molecule has 1 amide bonds. The Morgan fingerprint density at radius 1 is 1.29 bits per heavy atom. The van der Waals surface area contributed by atoms with Crippen LogP contribution in [0.4, 0.5) is 0 Å². The predicted molar refractivity (Wildman–Crippen MR) is 135 cm³/mol. The van der Waals surface area contributed by atoms with Gasteiger partial charge in [0.2, 0.25) is 21.1 Å². The average molecular weight is 536 g/mol. The summed E-state index contributed by atoms with van der Waals surface area (Å²) in [6, 6.07) is 14.2. The van der Waals surface area contributed by atoms with Crippen molar-refractivity contribution < 1.29 is 17.9 Å². The quantitative estimate of drug-likeness (QED) is 0.318. The van der Waals surface area contributed by atoms with E-state index in [1.807, 2.05) is 30.3 Å². The molecule has 3 aromatic rings. The van der Waals surface area contributed by atoms with Crippen LogP contribution in [0.1, 0.15) is 12.8 Å². The predicted octanol–water partition coefficient (Wildman–Crippen LogP) is 3.44. The highest BCUT2D eigenvalue weighted by molar-refractivity contribution is 7.99. The van der Waals surface area contributed by atoms with E-state index in [9.17, 15) is 13.2 Å². The molecule has 1 saturated heterocycles. The summed E-state index contributed by atoms with van der Waals surface area (Å²) in [6.07, 6.45) is 1.22. The molecule has 0 radical (unpaired) electrons. The Kier molecular flexibility index (Phi) is 8.32. The summed E-state index contributed by atoms with van der Waals surface area (Å²) in [6.45, 7) is 0.870. The van der Waals surface area contributed by atoms with Gasteiger partial charge in [0.15, 0.2) is 5.82 Å². The second-order valence-corrected chi connectivity index (χ2v) is 11.4. The highest BCUT2D eigenvalue weighted by Crippen LogP contribution is 2.32. The van der Waals surface area contributed by atoms with Crippen LogP contribution in [0.2, 0.25) is 5.02 Å². The van der Waals surface area contributed by atoms with E-state index in [-0.39, 0.29) is 23.1 Å². The number of thioether (sulfide) groups is 1. The number of rotatable bonds is 9. The number of nitrogens with one attached hydrogen (secondary N) is 2. The molecule has 0 aliphatic carbocycles. The third-order valence-corrected chi connectivity index (χ3v) is 8.61. The lowest BCUT2D eigenvalue weighted by atomic mass is 9.99. The fraction of sp³-hybridized carbons (Fsp3) is 0.348. The van der Waals surface area contributed by atoms with E-state index in [1.54, 1.807) is 6.07 Å². The number of carbonyl (C=O) groups excluding carboxylic acids is 1. The maximum Gasteiger partial charge on any atom is 0.246 e. The molecule has 2 heterocycles. The van der Waals surface area contributed by atoms with Crippen LogP contribution >= 0.6 is 23.4 Å². The molecule has 0 spiro atoms. The Balaban J connectivity index is 1.30. The maximum absolute atomic E-state index is 13.2. The monoisotopic (exact) mass is 535 g/mol. The zero-order valence-electron chi connectivity index (χ0n) is 19.1. The van der Waals surface area contributed by atoms with E-state index in [4.69, 9.17) is 16.3 Å². The molecule has 1 aliphatic heterocycles. The van der Waals surface area contributed by atoms with Crippen molar-refractivity contribution in [1.29, 1.82) is 0 Å². The SMILES string of the molecule is COc1ccc(Cl)cc1S(=O)(=O)N1CCC[C@@H](C(=O)NCCSc2n[nH]c(-c3ccccc3)n2)C1. The van der Waals surface area contributed by atoms with E-state index in [1.165, 1.54) is 35.3 Å². The van der Waals surface area contributed by atoms with Crippen molar-refractivity contribution in [2.45, 2.75) is 22.9 Å². The minimum absolute atomic E-state index is 0.00586. The van der Waals surface area contributed by atoms with Gasteiger partial charge in [-0.05, 0) is 31.0 Å². The van der Waals surface area contributed by atoms with Gasteiger partial charge in [-0.1, -0.05) is 53.7 Å². The number of methoxy groups -OCH3 is 1. The summed E-state index contributed by atoms with van der Waals surface area (Å²) in [4.78, 5) is 17.2. The molecule has 1 aliphatic rings. The highest BCUT2D eigenvalue weighted by Gasteiger charge is 2.34. The Bertz CT molecular complexity index is 1270. The van der Waals surface area contributed by atoms with Crippen molar-refractivity contribution in [3.8, 4) is 17.1 Å². The summed E-state index contributed by atoms with van der Waals surface area (Å²) in [5.74, 6) is 0.912. The first kappa shape index (κ1) is 25.5. The number of amides is 1. The molecule has 0 bridgehead atoms. The number of piperidine rings is 1. The number of H-pyrrole nitrogens is 1. The van der Waals surface area contributed by atoms with Gasteiger partial charge in [0.25, 0.3) is 0 Å². The second-order valence-electron chi connectivity index (χ2n) is 7.97. The molecule has 1 atom stereocenters. The molecule has 0 saturated carbocycles. The van der Waals surface area contributed by atoms with E-state index >= 15 is 0 Å². The number of hydrogen-bond donors (Lipinski definition) is 2. The number of nitrogens with zero attached hydrogens (tertiary/aromatic N) is 3. The first-order valence-electron chi connectivity index (χ1n) is 11.1. The van der Waals surface area contributed by atoms with E-state index in [0.29, 0.717) is 47.7 Å². The van der Waals surface area contributed by atoms with Gasteiger partial charge in [0.05, 0.1) is 13.0 Å². The van der Waals surface area contributed by atoms with Crippen LogP contribution in [-0.2, 0) is 14.8 Å². The van der Waals surface area contributed by atoms with Gasteiger partial charge in [-0.25, -0.2) is 13.4 Å². The van der Waals surface area contributed by atoms with E-state index in [0.717, 1.165) is 5.56 Å². The molecule has 2 N–H and O–H groups in total. The minimum Gasteiger partial charge on any atom is -0.495 e. The molecule has 12 heteroatoms. The number of halogens is 1. The van der Waals surface area contributed by atoms with Crippen LogP contribution < -0.4 is 10.1 Å². The van der Waals surface area contributed by atoms with Gasteiger partial charge < -0.3 is 10.1 Å². The largest absolute Gasteiger partial charge is 0.495 e. The normalized spacial score (nSPS) is 16.7. The Hall–Kier alpha value is -2.60. The summed E-state index contributed by atoms with van der Waals surface area (Å²) >= 11 is 7.46. The van der Waals surface area contributed by atoms with Crippen LogP contribution in [0.15, 0.2) is 58.6 Å². The maximum atomic E-state index is 13.2. The number of benzene rings is 2. The smallest absolute Gasteiger partial charge is 0.246 e. The number of ether oxygens (including phenoxy) is 1. The molecule has 0 unspecified atom stereocenters. The Labute approximate surface area is 213 Å². The van der Waals surface area contributed by atoms with Crippen LogP contribution in [0.25, 0.3) is 11.4 Å². The number of aromatic amines is 1. The van der Waals surface area contributed by atoms with Crippen molar-refractivity contribution in [3.05, 3.63) is 53.6 Å². The van der Waals surface area contributed by atoms with Crippen LogP contribution in [0.5, 0.6) is 5.75 Å². The number of hydrogen-bond acceptors (Lipinski definition) is 7. The molecule has 186 valence electrons. The van der Waals surface area contributed by atoms with E-state index < -0.39 is 15.9 Å². The van der Waals surface area contributed by atoms with Crippen molar-refractivity contribution in [2.24, 2.45) is 5.92 Å². The van der Waals surface area contributed by atoms with Gasteiger partial charge in [-0.2, -0.15) is 4.31 Å². The summed E-state index contributed by atoms with van der Waals surface area (Å²) in [7, 11) is -2.45. The lowest BCUT2D eigenvalue weighted by molar-refractivity contribution is -0.125.